The number of rotatable bonds is 5. The van der Waals surface area contributed by atoms with Crippen LogP contribution < -0.4 is 10.6 Å². The molecule has 1 amide bonds. The number of H-pyrrole nitrogens is 1. The maximum atomic E-state index is 12.6. The van der Waals surface area contributed by atoms with E-state index in [9.17, 15) is 4.79 Å². The number of hydrogen-bond acceptors (Lipinski definition) is 2. The van der Waals surface area contributed by atoms with E-state index in [2.05, 4.69) is 64.3 Å². The van der Waals surface area contributed by atoms with Crippen molar-refractivity contribution >= 4 is 16.8 Å². The third kappa shape index (κ3) is 3.51. The van der Waals surface area contributed by atoms with Crippen LogP contribution in [0.2, 0.25) is 0 Å². The Morgan fingerprint density at radius 2 is 1.77 bits per heavy atom. The average Bonchev–Trinajstić information content (AvgIpc) is 3.14. The molecule has 1 aromatic heterocycles. The summed E-state index contributed by atoms with van der Waals surface area (Å²) in [4.78, 5) is 16.0. The Balaban J connectivity index is 1.58. The zero-order chi connectivity index (χ0) is 17.8. The molecular formula is C22H25N3O. The van der Waals surface area contributed by atoms with Crippen LogP contribution in [0.3, 0.4) is 0 Å². The maximum Gasteiger partial charge on any atom is 0.223 e. The van der Waals surface area contributed by atoms with Gasteiger partial charge in [0.15, 0.2) is 0 Å². The van der Waals surface area contributed by atoms with Crippen molar-refractivity contribution in [1.29, 1.82) is 0 Å². The minimum atomic E-state index is 0.135. The van der Waals surface area contributed by atoms with E-state index in [0.29, 0.717) is 6.54 Å². The molecule has 0 spiro atoms. The molecule has 1 unspecified atom stereocenters. The predicted molar refractivity (Wildman–Crippen MR) is 105 cm³/mol. The van der Waals surface area contributed by atoms with E-state index < -0.39 is 0 Å². The maximum absolute atomic E-state index is 12.6. The van der Waals surface area contributed by atoms with Gasteiger partial charge >= 0.3 is 0 Å². The van der Waals surface area contributed by atoms with Crippen LogP contribution in [-0.4, -0.2) is 30.5 Å². The minimum Gasteiger partial charge on any atom is -0.361 e. The second-order valence-electron chi connectivity index (χ2n) is 7.02. The summed E-state index contributed by atoms with van der Waals surface area (Å²) in [5.41, 5.74) is 3.59. The fourth-order valence-electron chi connectivity index (χ4n) is 3.91. The number of para-hydroxylation sites is 1. The quantitative estimate of drug-likeness (QED) is 0.662. The van der Waals surface area contributed by atoms with Gasteiger partial charge in [-0.2, -0.15) is 0 Å². The van der Waals surface area contributed by atoms with Gasteiger partial charge in [-0.05, 0) is 43.1 Å². The van der Waals surface area contributed by atoms with Gasteiger partial charge in [-0.1, -0.05) is 48.5 Å². The van der Waals surface area contributed by atoms with Crippen LogP contribution in [0.5, 0.6) is 0 Å². The SMILES string of the molecule is O=C(NCC(c1ccccc1)c1c[nH]c2ccccc12)C1CCNCC1. The van der Waals surface area contributed by atoms with Gasteiger partial charge in [0.2, 0.25) is 5.91 Å². The van der Waals surface area contributed by atoms with Crippen LogP contribution in [0.1, 0.15) is 29.9 Å². The van der Waals surface area contributed by atoms with Crippen molar-refractivity contribution in [2.45, 2.75) is 18.8 Å². The molecule has 1 fully saturated rings. The van der Waals surface area contributed by atoms with Crippen LogP contribution in [0, 0.1) is 5.92 Å². The molecule has 4 nitrogen and oxygen atoms in total. The summed E-state index contributed by atoms with van der Waals surface area (Å²) < 4.78 is 0. The Morgan fingerprint density at radius 1 is 1.04 bits per heavy atom. The molecule has 3 N–H and O–H groups in total. The van der Waals surface area contributed by atoms with Crippen molar-refractivity contribution in [1.82, 2.24) is 15.6 Å². The summed E-state index contributed by atoms with van der Waals surface area (Å²) in [5.74, 6) is 0.459. The first-order valence-electron chi connectivity index (χ1n) is 9.42. The van der Waals surface area contributed by atoms with Crippen molar-refractivity contribution < 1.29 is 4.79 Å². The highest BCUT2D eigenvalue weighted by Gasteiger charge is 2.23. The second-order valence-corrected chi connectivity index (χ2v) is 7.02. The first kappa shape index (κ1) is 16.9. The third-order valence-corrected chi connectivity index (χ3v) is 5.39. The molecule has 26 heavy (non-hydrogen) atoms. The first-order chi connectivity index (χ1) is 12.8. The number of carbonyl (C=O) groups is 1. The fourth-order valence-corrected chi connectivity index (χ4v) is 3.91. The van der Waals surface area contributed by atoms with E-state index in [0.717, 1.165) is 31.4 Å². The molecule has 2 heterocycles. The molecule has 4 rings (SSSR count). The smallest absolute Gasteiger partial charge is 0.223 e. The monoisotopic (exact) mass is 347 g/mol. The molecular weight excluding hydrogens is 322 g/mol. The zero-order valence-corrected chi connectivity index (χ0v) is 14.9. The van der Waals surface area contributed by atoms with E-state index >= 15 is 0 Å². The van der Waals surface area contributed by atoms with Crippen molar-refractivity contribution in [3.8, 4) is 0 Å². The van der Waals surface area contributed by atoms with E-state index in [-0.39, 0.29) is 17.7 Å². The summed E-state index contributed by atoms with van der Waals surface area (Å²) in [7, 11) is 0. The highest BCUT2D eigenvalue weighted by atomic mass is 16.1. The Labute approximate surface area is 154 Å². The number of nitrogens with one attached hydrogen (secondary N) is 3. The van der Waals surface area contributed by atoms with Crippen LogP contribution in [0.4, 0.5) is 0 Å². The topological polar surface area (TPSA) is 56.9 Å². The molecule has 1 saturated heterocycles. The van der Waals surface area contributed by atoms with Gasteiger partial charge in [-0.15, -0.1) is 0 Å². The van der Waals surface area contributed by atoms with Crippen LogP contribution >= 0.6 is 0 Å². The summed E-state index contributed by atoms with van der Waals surface area (Å²) in [6.07, 6.45) is 3.93. The normalized spacial score (nSPS) is 16.5. The molecule has 4 heteroatoms. The van der Waals surface area contributed by atoms with Gasteiger partial charge in [0.1, 0.15) is 0 Å². The molecule has 0 radical (unpaired) electrons. The molecule has 0 saturated carbocycles. The van der Waals surface area contributed by atoms with Crippen molar-refractivity contribution in [3.05, 3.63) is 71.9 Å². The minimum absolute atomic E-state index is 0.135. The number of fused-ring (bicyclic) bond motifs is 1. The van der Waals surface area contributed by atoms with Gasteiger partial charge in [0.05, 0.1) is 0 Å². The van der Waals surface area contributed by atoms with Crippen LogP contribution in [0.25, 0.3) is 10.9 Å². The molecule has 1 aliphatic heterocycles. The standard InChI is InChI=1S/C22H25N3O/c26-22(17-10-12-23-13-11-17)25-14-19(16-6-2-1-3-7-16)20-15-24-21-9-5-4-8-18(20)21/h1-9,15,17,19,23-24H,10-14H2,(H,25,26). The highest BCUT2D eigenvalue weighted by Crippen LogP contribution is 2.30. The van der Waals surface area contributed by atoms with Crippen molar-refractivity contribution in [2.75, 3.05) is 19.6 Å². The number of benzene rings is 2. The Hall–Kier alpha value is -2.59. The molecule has 134 valence electrons. The lowest BCUT2D eigenvalue weighted by Crippen LogP contribution is -2.39. The highest BCUT2D eigenvalue weighted by molar-refractivity contribution is 5.84. The lowest BCUT2D eigenvalue weighted by atomic mass is 9.90. The van der Waals surface area contributed by atoms with Gasteiger partial charge in [0.25, 0.3) is 0 Å². The largest absolute Gasteiger partial charge is 0.361 e. The Morgan fingerprint density at radius 3 is 2.58 bits per heavy atom. The van der Waals surface area contributed by atoms with Gasteiger partial charge in [0, 0.05) is 35.5 Å². The van der Waals surface area contributed by atoms with E-state index in [1.165, 1.54) is 16.5 Å². The summed E-state index contributed by atoms with van der Waals surface area (Å²) >= 11 is 0. The molecule has 1 aliphatic rings. The fraction of sp³-hybridized carbons (Fsp3) is 0.318. The lowest BCUT2D eigenvalue weighted by Gasteiger charge is -2.24. The predicted octanol–water partition coefficient (Wildman–Crippen LogP) is 3.42. The zero-order valence-electron chi connectivity index (χ0n) is 14.9. The van der Waals surface area contributed by atoms with E-state index in [4.69, 9.17) is 0 Å². The number of hydrogen-bond donors (Lipinski definition) is 3. The van der Waals surface area contributed by atoms with Crippen molar-refractivity contribution in [2.24, 2.45) is 5.92 Å². The number of piperidine rings is 1. The van der Waals surface area contributed by atoms with Crippen molar-refractivity contribution in [3.63, 3.8) is 0 Å². The number of carbonyl (C=O) groups excluding carboxylic acids is 1. The summed E-state index contributed by atoms with van der Waals surface area (Å²) in [6.45, 7) is 2.49. The number of aromatic amines is 1. The van der Waals surface area contributed by atoms with Gasteiger partial charge in [-0.25, -0.2) is 0 Å². The third-order valence-electron chi connectivity index (χ3n) is 5.39. The molecule has 2 aromatic carbocycles. The molecule has 0 bridgehead atoms. The Bertz CT molecular complexity index is 865. The average molecular weight is 347 g/mol. The van der Waals surface area contributed by atoms with Crippen LogP contribution in [-0.2, 0) is 4.79 Å². The lowest BCUT2D eigenvalue weighted by molar-refractivity contribution is -0.125. The number of aromatic nitrogens is 1. The van der Waals surface area contributed by atoms with Crippen LogP contribution in [0.15, 0.2) is 60.8 Å². The summed E-state index contributed by atoms with van der Waals surface area (Å²) in [5, 5.41) is 7.76. The molecule has 1 atom stereocenters. The van der Waals surface area contributed by atoms with Gasteiger partial charge < -0.3 is 15.6 Å². The molecule has 0 aliphatic carbocycles. The van der Waals surface area contributed by atoms with E-state index in [1.807, 2.05) is 12.1 Å². The van der Waals surface area contributed by atoms with E-state index in [1.54, 1.807) is 0 Å². The first-order valence-corrected chi connectivity index (χ1v) is 9.42. The van der Waals surface area contributed by atoms with Gasteiger partial charge in [-0.3, -0.25) is 4.79 Å². The number of amides is 1. The molecule has 3 aromatic rings. The summed E-state index contributed by atoms with van der Waals surface area (Å²) in [6, 6.07) is 18.8. The second kappa shape index (κ2) is 7.75. The Kier molecular flexibility index (Phi) is 5.02.